The summed E-state index contributed by atoms with van der Waals surface area (Å²) in [6, 6.07) is 0. The summed E-state index contributed by atoms with van der Waals surface area (Å²) < 4.78 is 48.2. The third-order valence-corrected chi connectivity index (χ3v) is 17.2. The quantitative estimate of drug-likeness (QED) is 0.118. The first-order valence-corrected chi connectivity index (χ1v) is 23.0. The molecule has 5 aliphatic heterocycles. The van der Waals surface area contributed by atoms with E-state index in [1.54, 1.807) is 0 Å². The number of hydrogen-bond acceptors (Lipinski definition) is 19. The van der Waals surface area contributed by atoms with Crippen molar-refractivity contribution in [1.82, 2.24) is 0 Å². The minimum absolute atomic E-state index is 0.00980. The van der Waals surface area contributed by atoms with Crippen LogP contribution in [0.2, 0.25) is 0 Å². The Hall–Kier alpha value is -1.31. The van der Waals surface area contributed by atoms with E-state index in [1.165, 1.54) is 0 Å². The van der Waals surface area contributed by atoms with Gasteiger partial charge >= 0.3 is 0 Å². The first-order valence-electron chi connectivity index (χ1n) is 23.0. The van der Waals surface area contributed by atoms with Crippen molar-refractivity contribution in [2.24, 2.45) is 46.3 Å². The number of aliphatic hydroxyl groups is 10. The molecule has 0 bridgehead atoms. The molecule has 8 fully saturated rings. The maximum atomic E-state index is 14.5. The van der Waals surface area contributed by atoms with Crippen LogP contribution in [0.25, 0.3) is 0 Å². The summed E-state index contributed by atoms with van der Waals surface area (Å²) in [4.78, 5) is 14.5. The monoisotopic (exact) mass is 900 g/mol. The molecular weight excluding hydrogens is 832 g/mol. The highest BCUT2D eigenvalue weighted by Gasteiger charge is 2.71. The van der Waals surface area contributed by atoms with E-state index in [0.29, 0.717) is 18.9 Å². The number of ether oxygens (including phenoxy) is 8. The predicted molar refractivity (Wildman–Crippen MR) is 211 cm³/mol. The Morgan fingerprint density at radius 1 is 0.730 bits per heavy atom. The highest BCUT2D eigenvalue weighted by atomic mass is 16.8. The maximum absolute atomic E-state index is 14.5. The molecule has 0 aromatic heterocycles. The largest absolute Gasteiger partial charge is 0.394 e. The first kappa shape index (κ1) is 46.8. The number of fused-ring (bicyclic) bond motifs is 7. The van der Waals surface area contributed by atoms with E-state index in [1.807, 2.05) is 6.08 Å². The Labute approximate surface area is 366 Å². The van der Waals surface area contributed by atoms with Gasteiger partial charge in [0, 0.05) is 23.7 Å². The predicted octanol–water partition coefficient (Wildman–Crippen LogP) is -2.02. The van der Waals surface area contributed by atoms with E-state index in [2.05, 4.69) is 27.7 Å². The molecule has 4 aliphatic carbocycles. The molecule has 10 N–H and O–H groups in total. The fraction of sp³-hybridized carbons (Fsp3) is 0.932. The lowest BCUT2D eigenvalue weighted by Crippen LogP contribution is -2.66. The lowest BCUT2D eigenvalue weighted by Gasteiger charge is -2.57. The van der Waals surface area contributed by atoms with Crippen LogP contribution >= 0.6 is 0 Å². The summed E-state index contributed by atoms with van der Waals surface area (Å²) in [6.45, 7) is 7.30. The molecule has 0 amide bonds. The molecule has 358 valence electrons. The van der Waals surface area contributed by atoms with E-state index >= 15 is 0 Å². The minimum atomic E-state index is -1.85. The second-order valence-electron chi connectivity index (χ2n) is 20.7. The molecule has 26 atom stereocenters. The standard InChI is InChI=1S/C44H68O19/c1-17-7-8-44(57-15-17)18(2)30-26(63-44)10-22-20-6-5-19-9-25(23(47)12-42(19,3)21(20)11-29(49)43(22,30)4)58-40-36(55)34(53)37(28(14-46)60-40)61-41-38(33(52)32(51)27(13-45)59-41)62-39-35(54)31(50)24(48)16-56-39/h11,17-20,22-28,30-41,45-48,50-55H,5-10,12-16H2,1-4H3/t17-,18+,19+,20-,22+,23-,24-,25-,26+,27-,28-,30+,31+,32-,33+,34-,35-,36-,37+,38-,39+,40-,41+,42+,43-,44-/m1/s1. The third kappa shape index (κ3) is 7.52. The van der Waals surface area contributed by atoms with Gasteiger partial charge < -0.3 is 89.0 Å². The van der Waals surface area contributed by atoms with Crippen molar-refractivity contribution >= 4 is 5.78 Å². The highest BCUT2D eigenvalue weighted by Crippen LogP contribution is 2.69. The van der Waals surface area contributed by atoms with Crippen LogP contribution in [0.4, 0.5) is 0 Å². The molecule has 3 saturated carbocycles. The van der Waals surface area contributed by atoms with Crippen LogP contribution in [0.1, 0.15) is 72.6 Å². The van der Waals surface area contributed by atoms with E-state index in [4.69, 9.17) is 37.9 Å². The van der Waals surface area contributed by atoms with E-state index < -0.39 is 135 Å². The van der Waals surface area contributed by atoms with Crippen molar-refractivity contribution in [3.8, 4) is 0 Å². The minimum Gasteiger partial charge on any atom is -0.394 e. The van der Waals surface area contributed by atoms with Gasteiger partial charge in [0.25, 0.3) is 0 Å². The average molecular weight is 901 g/mol. The maximum Gasteiger partial charge on any atom is 0.187 e. The van der Waals surface area contributed by atoms with Crippen molar-refractivity contribution in [2.45, 2.75) is 183 Å². The number of carbonyl (C=O) groups is 1. The fourth-order valence-corrected chi connectivity index (χ4v) is 13.5. The number of carbonyl (C=O) groups excluding carboxylic acids is 1. The molecule has 63 heavy (non-hydrogen) atoms. The molecule has 0 radical (unpaired) electrons. The average Bonchev–Trinajstić information content (AvgIpc) is 3.71. The molecule has 0 aromatic carbocycles. The lowest BCUT2D eigenvalue weighted by molar-refractivity contribution is -0.386. The van der Waals surface area contributed by atoms with Crippen LogP contribution in [0.3, 0.4) is 0 Å². The van der Waals surface area contributed by atoms with Gasteiger partial charge in [-0.15, -0.1) is 0 Å². The number of allylic oxidation sites excluding steroid dienone is 2. The molecule has 0 unspecified atom stereocenters. The van der Waals surface area contributed by atoms with Gasteiger partial charge in [0.1, 0.15) is 67.1 Å². The number of aliphatic hydroxyl groups excluding tert-OH is 10. The smallest absolute Gasteiger partial charge is 0.187 e. The zero-order valence-electron chi connectivity index (χ0n) is 36.3. The number of hydrogen-bond donors (Lipinski definition) is 10. The molecule has 5 heterocycles. The van der Waals surface area contributed by atoms with Crippen molar-refractivity contribution in [2.75, 3.05) is 26.4 Å². The van der Waals surface area contributed by atoms with Gasteiger partial charge in [-0.05, 0) is 73.7 Å². The summed E-state index contributed by atoms with van der Waals surface area (Å²) in [5.41, 5.74) is -0.0225. The Balaban J connectivity index is 0.871. The van der Waals surface area contributed by atoms with Gasteiger partial charge in [0.2, 0.25) is 0 Å². The van der Waals surface area contributed by atoms with Gasteiger partial charge in [-0.1, -0.05) is 33.3 Å². The van der Waals surface area contributed by atoms with Gasteiger partial charge in [-0.3, -0.25) is 4.79 Å². The van der Waals surface area contributed by atoms with Crippen molar-refractivity contribution in [3.63, 3.8) is 0 Å². The van der Waals surface area contributed by atoms with Crippen LogP contribution < -0.4 is 0 Å². The van der Waals surface area contributed by atoms with Crippen LogP contribution in [-0.2, 0) is 42.7 Å². The topological polar surface area (TPSA) is 293 Å². The SMILES string of the molecule is C[C@@H]1CC[C@@]2(OC1)O[C@H]1C[C@H]3[C@@H]4CC[C@H]5C[C@@H](O[C@@H]6O[C@H](CO)[C@H](O[C@@H]7O[C@H](CO)[C@@H](O)[C@H](O)[C@H]7O[C@@H]7OC[C@@H](O)[C@H](O)[C@H]7O)[C@H](O)[C@H]6O)[C@H](O)C[C@]5(C)C4=CC(=O)[C@]3(C)[C@H]1[C@@H]2C. The normalized spacial score (nSPS) is 57.0. The highest BCUT2D eigenvalue weighted by molar-refractivity contribution is 5.97. The molecule has 19 heteroatoms. The zero-order valence-corrected chi connectivity index (χ0v) is 36.3. The molecule has 5 saturated heterocycles. The van der Waals surface area contributed by atoms with Crippen LogP contribution in [0, 0.1) is 46.3 Å². The molecule has 9 rings (SSSR count). The van der Waals surface area contributed by atoms with Gasteiger partial charge in [-0.2, -0.15) is 0 Å². The summed E-state index contributed by atoms with van der Waals surface area (Å²) >= 11 is 0. The summed E-state index contributed by atoms with van der Waals surface area (Å²) in [5.74, 6) is 0.329. The van der Waals surface area contributed by atoms with Crippen molar-refractivity contribution < 1.29 is 93.8 Å². The van der Waals surface area contributed by atoms with E-state index in [0.717, 1.165) is 37.7 Å². The Morgan fingerprint density at radius 3 is 2.11 bits per heavy atom. The van der Waals surface area contributed by atoms with Crippen molar-refractivity contribution in [3.05, 3.63) is 11.6 Å². The Bertz CT molecular complexity index is 1690. The lowest BCUT2D eigenvalue weighted by atomic mass is 9.47. The Morgan fingerprint density at radius 2 is 1.41 bits per heavy atom. The van der Waals surface area contributed by atoms with Crippen LogP contribution in [0.5, 0.6) is 0 Å². The van der Waals surface area contributed by atoms with Gasteiger partial charge in [0.15, 0.2) is 30.4 Å². The number of ketones is 1. The third-order valence-electron chi connectivity index (χ3n) is 17.2. The fourth-order valence-electron chi connectivity index (χ4n) is 13.5. The summed E-state index contributed by atoms with van der Waals surface area (Å²) in [6.07, 6.45) is -18.3. The zero-order chi connectivity index (χ0) is 45.1. The summed E-state index contributed by atoms with van der Waals surface area (Å²) in [7, 11) is 0. The van der Waals surface area contributed by atoms with Crippen molar-refractivity contribution in [1.29, 1.82) is 0 Å². The van der Waals surface area contributed by atoms with Crippen LogP contribution in [-0.4, -0.2) is 193 Å². The van der Waals surface area contributed by atoms with Crippen LogP contribution in [0.15, 0.2) is 11.6 Å². The van der Waals surface area contributed by atoms with Gasteiger partial charge in [0.05, 0.1) is 44.7 Å². The molecular formula is C44H68O19. The molecule has 0 aromatic rings. The number of rotatable bonds is 8. The summed E-state index contributed by atoms with van der Waals surface area (Å²) in [5, 5.41) is 107. The van der Waals surface area contributed by atoms with Gasteiger partial charge in [-0.25, -0.2) is 0 Å². The molecule has 19 nitrogen and oxygen atoms in total. The molecule has 1 spiro atoms. The first-order chi connectivity index (χ1) is 29.9. The second-order valence-corrected chi connectivity index (χ2v) is 20.7. The second kappa shape index (κ2) is 17.3. The Kier molecular flexibility index (Phi) is 12.9. The van der Waals surface area contributed by atoms with E-state index in [-0.39, 0.29) is 47.9 Å². The molecule has 9 aliphatic rings. The van der Waals surface area contributed by atoms with E-state index in [9.17, 15) is 55.9 Å².